The molecule has 1 aromatic heterocycles. The molecule has 0 radical (unpaired) electrons. The van der Waals surface area contributed by atoms with Gasteiger partial charge in [0.2, 0.25) is 5.88 Å². The van der Waals surface area contributed by atoms with E-state index in [0.717, 1.165) is 17.0 Å². The van der Waals surface area contributed by atoms with Gasteiger partial charge in [-0.05, 0) is 13.0 Å². The maximum absolute atomic E-state index is 6.27. The van der Waals surface area contributed by atoms with Crippen LogP contribution in [0, 0.1) is 0 Å². The van der Waals surface area contributed by atoms with Crippen molar-refractivity contribution < 1.29 is 9.47 Å². The SMILES string of the molecule is CCOc1ccccc1C(N)Cc1cc(OC)ncn1. The van der Waals surface area contributed by atoms with Crippen molar-refractivity contribution in [3.8, 4) is 11.6 Å². The Morgan fingerprint density at radius 1 is 1.25 bits per heavy atom. The van der Waals surface area contributed by atoms with Gasteiger partial charge in [-0.25, -0.2) is 9.97 Å². The molecule has 5 nitrogen and oxygen atoms in total. The van der Waals surface area contributed by atoms with Crippen LogP contribution in [0.25, 0.3) is 0 Å². The molecule has 0 bridgehead atoms. The Bertz CT molecular complexity index is 560. The van der Waals surface area contributed by atoms with Crippen molar-refractivity contribution in [2.24, 2.45) is 5.73 Å². The van der Waals surface area contributed by atoms with Crippen LogP contribution in [0.2, 0.25) is 0 Å². The molecule has 0 spiro atoms. The molecule has 0 aliphatic heterocycles. The minimum atomic E-state index is -0.183. The number of para-hydroxylation sites is 1. The lowest BCUT2D eigenvalue weighted by Gasteiger charge is -2.16. The molecule has 1 atom stereocenters. The van der Waals surface area contributed by atoms with Crippen LogP contribution in [0.3, 0.4) is 0 Å². The Morgan fingerprint density at radius 3 is 2.80 bits per heavy atom. The molecule has 2 N–H and O–H groups in total. The van der Waals surface area contributed by atoms with Crippen molar-refractivity contribution in [2.75, 3.05) is 13.7 Å². The number of ether oxygens (including phenoxy) is 2. The van der Waals surface area contributed by atoms with Crippen LogP contribution in [-0.2, 0) is 6.42 Å². The Labute approximate surface area is 118 Å². The first-order valence-electron chi connectivity index (χ1n) is 6.56. The lowest BCUT2D eigenvalue weighted by Crippen LogP contribution is -2.15. The van der Waals surface area contributed by atoms with Gasteiger partial charge in [-0.3, -0.25) is 0 Å². The van der Waals surface area contributed by atoms with Gasteiger partial charge in [0.1, 0.15) is 12.1 Å². The largest absolute Gasteiger partial charge is 0.494 e. The summed E-state index contributed by atoms with van der Waals surface area (Å²) >= 11 is 0. The summed E-state index contributed by atoms with van der Waals surface area (Å²) in [6.45, 7) is 2.57. The average Bonchev–Trinajstić information content (AvgIpc) is 2.48. The van der Waals surface area contributed by atoms with E-state index in [9.17, 15) is 0 Å². The Kier molecular flexibility index (Phi) is 4.90. The topological polar surface area (TPSA) is 70.3 Å². The standard InChI is InChI=1S/C15H19N3O2/c1-3-20-14-7-5-4-6-12(14)13(16)8-11-9-15(19-2)18-10-17-11/h4-7,9-10,13H,3,8,16H2,1-2H3. The number of methoxy groups -OCH3 is 1. The number of hydrogen-bond acceptors (Lipinski definition) is 5. The first-order valence-corrected chi connectivity index (χ1v) is 6.56. The van der Waals surface area contributed by atoms with Crippen molar-refractivity contribution >= 4 is 0 Å². The third kappa shape index (κ3) is 3.45. The second-order valence-electron chi connectivity index (χ2n) is 4.33. The Hall–Kier alpha value is -2.14. The molecule has 5 heteroatoms. The smallest absolute Gasteiger partial charge is 0.216 e. The molecule has 0 fully saturated rings. The van der Waals surface area contributed by atoms with E-state index in [1.54, 1.807) is 13.2 Å². The molecule has 2 rings (SSSR count). The zero-order valence-electron chi connectivity index (χ0n) is 11.7. The van der Waals surface area contributed by atoms with Crippen LogP contribution in [-0.4, -0.2) is 23.7 Å². The quantitative estimate of drug-likeness (QED) is 0.873. The maximum Gasteiger partial charge on any atom is 0.216 e. The zero-order valence-corrected chi connectivity index (χ0v) is 11.7. The summed E-state index contributed by atoms with van der Waals surface area (Å²) in [5.41, 5.74) is 8.09. The van der Waals surface area contributed by atoms with Crippen molar-refractivity contribution in [3.63, 3.8) is 0 Å². The lowest BCUT2D eigenvalue weighted by molar-refractivity contribution is 0.334. The van der Waals surface area contributed by atoms with Gasteiger partial charge in [-0.2, -0.15) is 0 Å². The highest BCUT2D eigenvalue weighted by molar-refractivity contribution is 5.36. The molecule has 0 saturated carbocycles. The van der Waals surface area contributed by atoms with Crippen LogP contribution in [0.4, 0.5) is 0 Å². The summed E-state index contributed by atoms with van der Waals surface area (Å²) in [7, 11) is 1.58. The van der Waals surface area contributed by atoms with Gasteiger partial charge < -0.3 is 15.2 Å². The molecule has 1 unspecified atom stereocenters. The fourth-order valence-electron chi connectivity index (χ4n) is 2.01. The van der Waals surface area contributed by atoms with Gasteiger partial charge in [0.05, 0.1) is 13.7 Å². The third-order valence-electron chi connectivity index (χ3n) is 2.96. The highest BCUT2D eigenvalue weighted by Gasteiger charge is 2.13. The summed E-state index contributed by atoms with van der Waals surface area (Å²) in [5, 5.41) is 0. The molecule has 106 valence electrons. The van der Waals surface area contributed by atoms with E-state index in [0.29, 0.717) is 18.9 Å². The second kappa shape index (κ2) is 6.86. The molecular formula is C15H19N3O2. The predicted octanol–water partition coefficient (Wildman–Crippen LogP) is 2.13. The summed E-state index contributed by atoms with van der Waals surface area (Å²) < 4.78 is 10.7. The van der Waals surface area contributed by atoms with E-state index in [-0.39, 0.29) is 6.04 Å². The predicted molar refractivity (Wildman–Crippen MR) is 76.8 cm³/mol. The summed E-state index contributed by atoms with van der Waals surface area (Å²) in [4.78, 5) is 8.20. The lowest BCUT2D eigenvalue weighted by atomic mass is 10.0. The maximum atomic E-state index is 6.27. The van der Waals surface area contributed by atoms with Crippen LogP contribution in [0.5, 0.6) is 11.6 Å². The average molecular weight is 273 g/mol. The highest BCUT2D eigenvalue weighted by Crippen LogP contribution is 2.26. The number of benzene rings is 1. The van der Waals surface area contributed by atoms with E-state index >= 15 is 0 Å². The first-order chi connectivity index (χ1) is 9.74. The highest BCUT2D eigenvalue weighted by atomic mass is 16.5. The third-order valence-corrected chi connectivity index (χ3v) is 2.96. The number of rotatable bonds is 6. The summed E-state index contributed by atoms with van der Waals surface area (Å²) in [6, 6.07) is 9.42. The van der Waals surface area contributed by atoms with E-state index in [2.05, 4.69) is 9.97 Å². The van der Waals surface area contributed by atoms with Crippen molar-refractivity contribution in [2.45, 2.75) is 19.4 Å². The normalized spacial score (nSPS) is 11.9. The van der Waals surface area contributed by atoms with Gasteiger partial charge in [0.15, 0.2) is 0 Å². The molecule has 20 heavy (non-hydrogen) atoms. The molecule has 0 aliphatic carbocycles. The molecule has 2 aromatic rings. The molecule has 0 saturated heterocycles. The van der Waals surface area contributed by atoms with Crippen molar-refractivity contribution in [1.82, 2.24) is 9.97 Å². The first kappa shape index (κ1) is 14.3. The number of nitrogens with two attached hydrogens (primary N) is 1. The Morgan fingerprint density at radius 2 is 2.05 bits per heavy atom. The van der Waals surface area contributed by atoms with Gasteiger partial charge in [-0.1, -0.05) is 18.2 Å². The van der Waals surface area contributed by atoms with E-state index < -0.39 is 0 Å². The van der Waals surface area contributed by atoms with Crippen LogP contribution in [0.1, 0.15) is 24.2 Å². The zero-order chi connectivity index (χ0) is 14.4. The van der Waals surface area contributed by atoms with E-state index in [4.69, 9.17) is 15.2 Å². The molecule has 1 aromatic carbocycles. The Balaban J connectivity index is 2.17. The summed E-state index contributed by atoms with van der Waals surface area (Å²) in [6.07, 6.45) is 2.08. The number of aromatic nitrogens is 2. The van der Waals surface area contributed by atoms with Crippen molar-refractivity contribution in [1.29, 1.82) is 0 Å². The minimum Gasteiger partial charge on any atom is -0.494 e. The number of nitrogens with zero attached hydrogens (tertiary/aromatic N) is 2. The van der Waals surface area contributed by atoms with Gasteiger partial charge in [0.25, 0.3) is 0 Å². The van der Waals surface area contributed by atoms with Crippen LogP contribution >= 0.6 is 0 Å². The van der Waals surface area contributed by atoms with Crippen LogP contribution in [0.15, 0.2) is 36.7 Å². The second-order valence-corrected chi connectivity index (χ2v) is 4.33. The summed E-state index contributed by atoms with van der Waals surface area (Å²) in [5.74, 6) is 1.36. The van der Waals surface area contributed by atoms with Gasteiger partial charge in [0, 0.05) is 29.8 Å². The van der Waals surface area contributed by atoms with Crippen molar-refractivity contribution in [3.05, 3.63) is 47.9 Å². The van der Waals surface area contributed by atoms with E-state index in [1.165, 1.54) is 6.33 Å². The minimum absolute atomic E-state index is 0.183. The van der Waals surface area contributed by atoms with Crippen LogP contribution < -0.4 is 15.2 Å². The molecule has 0 amide bonds. The van der Waals surface area contributed by atoms with E-state index in [1.807, 2.05) is 31.2 Å². The molecular weight excluding hydrogens is 254 g/mol. The monoisotopic (exact) mass is 273 g/mol. The van der Waals surface area contributed by atoms with Gasteiger partial charge in [-0.15, -0.1) is 0 Å². The van der Waals surface area contributed by atoms with Gasteiger partial charge >= 0.3 is 0 Å². The fourth-order valence-corrected chi connectivity index (χ4v) is 2.01. The molecule has 1 heterocycles. The fraction of sp³-hybridized carbons (Fsp3) is 0.333. The number of hydrogen-bond donors (Lipinski definition) is 1. The molecule has 0 aliphatic rings.